The normalized spacial score (nSPS) is 14.7. The molecule has 4 unspecified atom stereocenters. The lowest BCUT2D eigenvalue weighted by molar-refractivity contribution is -0.143. The molecule has 0 aliphatic carbocycles. The fraction of sp³-hybridized carbons (Fsp3) is 0.619. The van der Waals surface area contributed by atoms with Crippen LogP contribution in [0.4, 0.5) is 0 Å². The third-order valence-electron chi connectivity index (χ3n) is 5.12. The van der Waals surface area contributed by atoms with Crippen molar-refractivity contribution >= 4 is 29.6 Å². The lowest BCUT2D eigenvalue weighted by Gasteiger charge is -2.28. The molecule has 4 amide bonds. The number of H-pyrrole nitrogens is 1. The number of nitrogens with zero attached hydrogens (tertiary/aromatic N) is 1. The number of aliphatic carboxylic acids is 1. The number of aromatic nitrogens is 2. The Morgan fingerprint density at radius 1 is 0.971 bits per heavy atom. The van der Waals surface area contributed by atoms with E-state index in [1.807, 2.05) is 0 Å². The number of carboxylic acids is 1. The number of nitrogens with one attached hydrogen (secondary N) is 4. The molecule has 34 heavy (non-hydrogen) atoms. The molecule has 0 saturated heterocycles. The van der Waals surface area contributed by atoms with Gasteiger partial charge < -0.3 is 37.5 Å². The monoisotopic (exact) mass is 481 g/mol. The van der Waals surface area contributed by atoms with E-state index >= 15 is 0 Å². The minimum atomic E-state index is -1.35. The van der Waals surface area contributed by atoms with Crippen LogP contribution >= 0.6 is 0 Å². The summed E-state index contributed by atoms with van der Waals surface area (Å²) in [5, 5.41) is 16.9. The molecule has 0 radical (unpaired) electrons. The van der Waals surface area contributed by atoms with Crippen molar-refractivity contribution in [3.8, 4) is 0 Å². The second-order valence-electron chi connectivity index (χ2n) is 8.75. The largest absolute Gasteiger partial charge is 0.480 e. The molecular formula is C21H35N7O6. The first kappa shape index (κ1) is 28.6. The summed E-state index contributed by atoms with van der Waals surface area (Å²) in [6, 6.07) is -4.35. The van der Waals surface area contributed by atoms with Gasteiger partial charge in [0.2, 0.25) is 23.6 Å². The predicted molar refractivity (Wildman–Crippen MR) is 122 cm³/mol. The molecule has 1 rings (SSSR count). The average Bonchev–Trinajstić information content (AvgIpc) is 3.24. The van der Waals surface area contributed by atoms with Gasteiger partial charge in [-0.25, -0.2) is 9.78 Å². The van der Waals surface area contributed by atoms with Gasteiger partial charge in [0.25, 0.3) is 0 Å². The van der Waals surface area contributed by atoms with E-state index in [0.717, 1.165) is 0 Å². The lowest BCUT2D eigenvalue weighted by Crippen LogP contribution is -2.59. The molecule has 1 heterocycles. The summed E-state index contributed by atoms with van der Waals surface area (Å²) in [7, 11) is 0. The second-order valence-corrected chi connectivity index (χ2v) is 8.75. The van der Waals surface area contributed by atoms with E-state index in [0.29, 0.717) is 5.69 Å². The van der Waals surface area contributed by atoms with Gasteiger partial charge in [-0.1, -0.05) is 27.7 Å². The number of carboxylic acid groups (broad SMARTS) is 1. The summed E-state index contributed by atoms with van der Waals surface area (Å²) >= 11 is 0. The van der Waals surface area contributed by atoms with Gasteiger partial charge in [0, 0.05) is 24.7 Å². The molecule has 0 aromatic carbocycles. The van der Waals surface area contributed by atoms with E-state index in [1.165, 1.54) is 6.33 Å². The maximum atomic E-state index is 13.0. The molecule has 0 bridgehead atoms. The first-order valence-corrected chi connectivity index (χ1v) is 11.0. The number of carbonyl (C=O) groups is 5. The fourth-order valence-electron chi connectivity index (χ4n) is 3.10. The summed E-state index contributed by atoms with van der Waals surface area (Å²) in [6.07, 6.45) is 2.78. The molecule has 0 aliphatic rings. The highest BCUT2D eigenvalue weighted by Gasteiger charge is 2.33. The summed E-state index contributed by atoms with van der Waals surface area (Å²) in [6.45, 7) is 6.79. The van der Waals surface area contributed by atoms with E-state index in [-0.39, 0.29) is 25.2 Å². The third kappa shape index (κ3) is 9.17. The quantitative estimate of drug-likeness (QED) is 0.163. The SMILES string of the molecule is CC(C)C(NC(=O)C(N)Cc1cnc[nH]1)C(=O)NC(C(=O)NC(CCC(N)=O)C(=O)O)C(C)C. The smallest absolute Gasteiger partial charge is 0.326 e. The first-order chi connectivity index (χ1) is 15.8. The average molecular weight is 482 g/mol. The Hall–Kier alpha value is -3.48. The number of rotatable bonds is 14. The van der Waals surface area contributed by atoms with Crippen LogP contribution < -0.4 is 27.4 Å². The summed E-state index contributed by atoms with van der Waals surface area (Å²) in [5.41, 5.74) is 11.7. The summed E-state index contributed by atoms with van der Waals surface area (Å²) in [4.78, 5) is 67.4. The number of aromatic amines is 1. The number of primary amides is 1. The van der Waals surface area contributed by atoms with Crippen molar-refractivity contribution < 1.29 is 29.1 Å². The van der Waals surface area contributed by atoms with Crippen LogP contribution in [0, 0.1) is 11.8 Å². The van der Waals surface area contributed by atoms with E-state index in [4.69, 9.17) is 11.5 Å². The molecule has 1 aromatic rings. The molecular weight excluding hydrogens is 446 g/mol. The van der Waals surface area contributed by atoms with Crippen LogP contribution in [0.15, 0.2) is 12.5 Å². The molecule has 4 atom stereocenters. The van der Waals surface area contributed by atoms with Gasteiger partial charge in [-0.15, -0.1) is 0 Å². The van der Waals surface area contributed by atoms with Crippen LogP contribution in [0.25, 0.3) is 0 Å². The van der Waals surface area contributed by atoms with Gasteiger partial charge in [-0.3, -0.25) is 19.2 Å². The molecule has 0 aliphatic heterocycles. The van der Waals surface area contributed by atoms with E-state index < -0.39 is 59.7 Å². The van der Waals surface area contributed by atoms with Crippen LogP contribution in [-0.2, 0) is 30.4 Å². The van der Waals surface area contributed by atoms with Crippen molar-refractivity contribution in [2.45, 2.75) is 71.1 Å². The van der Waals surface area contributed by atoms with Crippen molar-refractivity contribution in [2.24, 2.45) is 23.3 Å². The van der Waals surface area contributed by atoms with E-state index in [2.05, 4.69) is 25.9 Å². The number of imidazole rings is 1. The Balaban J connectivity index is 2.86. The number of carbonyl (C=O) groups excluding carboxylic acids is 4. The molecule has 0 saturated carbocycles. The lowest BCUT2D eigenvalue weighted by atomic mass is 9.98. The Labute approximate surface area is 197 Å². The maximum absolute atomic E-state index is 13.0. The number of hydrogen-bond acceptors (Lipinski definition) is 7. The standard InChI is InChI=1S/C21H35N7O6/c1-10(2)16(19(31)26-14(21(33)34)5-6-15(23)29)28-20(32)17(11(3)4)27-18(30)13(22)7-12-8-24-9-25-12/h8-11,13-14,16-17H,5-7,22H2,1-4H3,(H2,23,29)(H,24,25)(H,26,31)(H,27,30)(H,28,32)(H,33,34). The Morgan fingerprint density at radius 2 is 1.50 bits per heavy atom. The van der Waals surface area contributed by atoms with Gasteiger partial charge in [-0.2, -0.15) is 0 Å². The van der Waals surface area contributed by atoms with Gasteiger partial charge in [0.15, 0.2) is 0 Å². The zero-order valence-electron chi connectivity index (χ0n) is 19.8. The van der Waals surface area contributed by atoms with Crippen LogP contribution in [0.1, 0.15) is 46.2 Å². The van der Waals surface area contributed by atoms with Gasteiger partial charge >= 0.3 is 5.97 Å². The maximum Gasteiger partial charge on any atom is 0.326 e. The van der Waals surface area contributed by atoms with Crippen molar-refractivity contribution in [3.05, 3.63) is 18.2 Å². The number of nitrogens with two attached hydrogens (primary N) is 2. The van der Waals surface area contributed by atoms with Crippen molar-refractivity contribution in [3.63, 3.8) is 0 Å². The molecule has 9 N–H and O–H groups in total. The number of hydrogen-bond donors (Lipinski definition) is 7. The van der Waals surface area contributed by atoms with Gasteiger partial charge in [0.05, 0.1) is 12.4 Å². The van der Waals surface area contributed by atoms with Crippen LogP contribution in [0.3, 0.4) is 0 Å². The van der Waals surface area contributed by atoms with Crippen molar-refractivity contribution in [2.75, 3.05) is 0 Å². The Morgan fingerprint density at radius 3 is 1.94 bits per heavy atom. The minimum Gasteiger partial charge on any atom is -0.480 e. The highest BCUT2D eigenvalue weighted by Crippen LogP contribution is 2.09. The highest BCUT2D eigenvalue weighted by atomic mass is 16.4. The summed E-state index contributed by atoms with van der Waals surface area (Å²) in [5.74, 6) is -4.66. The van der Waals surface area contributed by atoms with Gasteiger partial charge in [-0.05, 0) is 18.3 Å². The zero-order valence-corrected chi connectivity index (χ0v) is 19.8. The van der Waals surface area contributed by atoms with E-state index in [1.54, 1.807) is 33.9 Å². The predicted octanol–water partition coefficient (Wildman–Crippen LogP) is -1.60. The van der Waals surface area contributed by atoms with Crippen molar-refractivity contribution in [1.82, 2.24) is 25.9 Å². The Kier molecular flexibility index (Phi) is 11.2. The van der Waals surface area contributed by atoms with Gasteiger partial charge in [0.1, 0.15) is 18.1 Å². The third-order valence-corrected chi connectivity index (χ3v) is 5.12. The molecule has 13 heteroatoms. The first-order valence-electron chi connectivity index (χ1n) is 11.0. The van der Waals surface area contributed by atoms with Crippen molar-refractivity contribution in [1.29, 1.82) is 0 Å². The van der Waals surface area contributed by atoms with Crippen LogP contribution in [-0.4, -0.2) is 68.8 Å². The molecule has 1 aromatic heterocycles. The second kappa shape index (κ2) is 13.3. The molecule has 0 fully saturated rings. The zero-order chi connectivity index (χ0) is 26.0. The molecule has 13 nitrogen and oxygen atoms in total. The fourth-order valence-corrected chi connectivity index (χ4v) is 3.10. The summed E-state index contributed by atoms with van der Waals surface area (Å²) < 4.78 is 0. The molecule has 190 valence electrons. The Bertz CT molecular complexity index is 856. The minimum absolute atomic E-state index is 0.186. The number of amides is 4. The molecule has 0 spiro atoms. The van der Waals surface area contributed by atoms with Crippen LogP contribution in [0.5, 0.6) is 0 Å². The van der Waals surface area contributed by atoms with Crippen LogP contribution in [0.2, 0.25) is 0 Å². The topological polar surface area (TPSA) is 222 Å². The highest BCUT2D eigenvalue weighted by molar-refractivity contribution is 5.94. The van der Waals surface area contributed by atoms with E-state index in [9.17, 15) is 29.1 Å².